The Morgan fingerprint density at radius 2 is 1.42 bits per heavy atom. The first-order valence-electron chi connectivity index (χ1n) is 17.6. The van der Waals surface area contributed by atoms with Crippen molar-refractivity contribution in [2.75, 3.05) is 49.3 Å². The van der Waals surface area contributed by atoms with Crippen LogP contribution in [0.5, 0.6) is 5.75 Å². The molecule has 4 rings (SSSR count). The average Bonchev–Trinajstić information content (AvgIpc) is 3.12. The summed E-state index contributed by atoms with van der Waals surface area (Å²) in [5.41, 5.74) is -1.20. The van der Waals surface area contributed by atoms with E-state index < -0.39 is 66.1 Å². The zero-order valence-electron chi connectivity index (χ0n) is 30.8. The number of hydrogen-bond acceptors (Lipinski definition) is 6. The van der Waals surface area contributed by atoms with Gasteiger partial charge in [-0.3, -0.25) is 4.79 Å². The molecule has 1 heterocycles. The van der Waals surface area contributed by atoms with Crippen molar-refractivity contribution in [3.05, 3.63) is 83.4 Å². The number of benzene rings is 3. The van der Waals surface area contributed by atoms with Crippen LogP contribution in [0.4, 0.5) is 53.0 Å². The van der Waals surface area contributed by atoms with Crippen LogP contribution in [0.15, 0.2) is 66.7 Å². The molecular weight excluding hydrogens is 736 g/mol. The van der Waals surface area contributed by atoms with Gasteiger partial charge in [0.15, 0.2) is 0 Å². The number of anilines is 3. The van der Waals surface area contributed by atoms with E-state index in [0.29, 0.717) is 25.9 Å². The minimum Gasteiger partial charge on any atom is -0.490 e. The molecule has 55 heavy (non-hydrogen) atoms. The fraction of sp³-hybridized carbons (Fsp3) is 0.447. The largest absolute Gasteiger partial charge is 0.490 e. The smallest absolute Gasteiger partial charge is 0.416 e. The molecule has 3 aromatic carbocycles. The highest BCUT2D eigenvalue weighted by Gasteiger charge is 2.33. The van der Waals surface area contributed by atoms with Crippen LogP contribution in [0.1, 0.15) is 61.5 Å². The van der Waals surface area contributed by atoms with E-state index in [4.69, 9.17) is 9.47 Å². The fourth-order valence-electron chi connectivity index (χ4n) is 5.81. The quantitative estimate of drug-likeness (QED) is 0.178. The second-order valence-electron chi connectivity index (χ2n) is 13.6. The molecule has 0 spiro atoms. The van der Waals surface area contributed by atoms with E-state index in [2.05, 4.69) is 16.0 Å². The van der Waals surface area contributed by atoms with Gasteiger partial charge in [0.05, 0.1) is 41.5 Å². The number of rotatable bonds is 7. The second kappa shape index (κ2) is 18.5. The Bertz CT molecular complexity index is 1760. The standard InChI is InChI=1S/C38H45F6N5O6/c1-23-20-49(24(2)22-50)34(51)31-19-30(46-35(52)45-28-12-8-26(9-13-28)37(39,40)41)16-17-32(31)55-25(3)7-5-6-18-54-33(23)21-48(4)36(53)47-29-14-10-27(11-15-29)38(42,43)44/h8-17,19,23-25,33,50H,5-7,18,20-22H2,1-4H3,(H,47,53)(H2,45,46,52)/t23-,24+,25-,33-/m0/s1. The third kappa shape index (κ3) is 12.2. The molecule has 0 unspecified atom stereocenters. The molecule has 0 bridgehead atoms. The molecule has 0 saturated heterocycles. The van der Waals surface area contributed by atoms with E-state index in [9.17, 15) is 45.8 Å². The van der Waals surface area contributed by atoms with E-state index in [0.717, 1.165) is 48.5 Å². The molecule has 4 atom stereocenters. The highest BCUT2D eigenvalue weighted by atomic mass is 19.4. The number of fused-ring (bicyclic) bond motifs is 1. The molecule has 0 saturated carbocycles. The van der Waals surface area contributed by atoms with Crippen LogP contribution in [0.3, 0.4) is 0 Å². The predicted octanol–water partition coefficient (Wildman–Crippen LogP) is 8.33. The maximum absolute atomic E-state index is 14.4. The van der Waals surface area contributed by atoms with Crippen molar-refractivity contribution in [3.63, 3.8) is 0 Å². The summed E-state index contributed by atoms with van der Waals surface area (Å²) >= 11 is 0. The first-order chi connectivity index (χ1) is 25.8. The average molecular weight is 782 g/mol. The number of halogens is 6. The first-order valence-corrected chi connectivity index (χ1v) is 17.6. The molecule has 4 N–H and O–H groups in total. The number of hydrogen-bond donors (Lipinski definition) is 4. The van der Waals surface area contributed by atoms with Crippen LogP contribution in [0.2, 0.25) is 0 Å². The van der Waals surface area contributed by atoms with Gasteiger partial charge in [-0.1, -0.05) is 6.92 Å². The molecule has 1 aliphatic heterocycles. The zero-order valence-corrected chi connectivity index (χ0v) is 30.8. The second-order valence-corrected chi connectivity index (χ2v) is 13.6. The molecule has 0 radical (unpaired) electrons. The lowest BCUT2D eigenvalue weighted by Crippen LogP contribution is -2.48. The normalized spacial score (nSPS) is 19.3. The Labute approximate surface area is 315 Å². The number of carbonyl (C=O) groups excluding carboxylic acids is 3. The third-order valence-corrected chi connectivity index (χ3v) is 9.04. The van der Waals surface area contributed by atoms with E-state index in [1.807, 2.05) is 13.8 Å². The summed E-state index contributed by atoms with van der Waals surface area (Å²) in [5.74, 6) is -0.716. The van der Waals surface area contributed by atoms with Gasteiger partial charge >= 0.3 is 24.4 Å². The first kappa shape index (κ1) is 42.7. The van der Waals surface area contributed by atoms with Crippen molar-refractivity contribution in [2.24, 2.45) is 5.92 Å². The lowest BCUT2D eigenvalue weighted by Gasteiger charge is -2.35. The van der Waals surface area contributed by atoms with Crippen LogP contribution in [0.25, 0.3) is 0 Å². The summed E-state index contributed by atoms with van der Waals surface area (Å²) in [5, 5.41) is 17.8. The summed E-state index contributed by atoms with van der Waals surface area (Å²) in [7, 11) is 1.51. The number of alkyl halides is 6. The van der Waals surface area contributed by atoms with Crippen LogP contribution >= 0.6 is 0 Å². The third-order valence-electron chi connectivity index (χ3n) is 9.04. The van der Waals surface area contributed by atoms with Crippen molar-refractivity contribution in [3.8, 4) is 5.75 Å². The van der Waals surface area contributed by atoms with Gasteiger partial charge in [-0.2, -0.15) is 26.3 Å². The Morgan fingerprint density at radius 3 is 1.98 bits per heavy atom. The van der Waals surface area contributed by atoms with Gasteiger partial charge in [0, 0.05) is 49.7 Å². The maximum Gasteiger partial charge on any atom is 0.416 e. The highest BCUT2D eigenvalue weighted by Crippen LogP contribution is 2.32. The molecule has 11 nitrogen and oxygen atoms in total. The summed E-state index contributed by atoms with van der Waals surface area (Å²) in [6.45, 7) is 5.36. The van der Waals surface area contributed by atoms with Crippen molar-refractivity contribution in [2.45, 2.75) is 70.6 Å². The molecule has 0 aliphatic carbocycles. The molecular formula is C38H45F6N5O6. The molecule has 0 fully saturated rings. The number of aliphatic hydroxyl groups is 1. The molecule has 5 amide bonds. The minimum absolute atomic E-state index is 0.0562. The molecule has 0 aromatic heterocycles. The molecule has 17 heteroatoms. The van der Waals surface area contributed by atoms with Crippen molar-refractivity contribution in [1.29, 1.82) is 0 Å². The number of aliphatic hydroxyl groups excluding tert-OH is 1. The summed E-state index contributed by atoms with van der Waals surface area (Å²) in [6.07, 6.45) is -8.06. The van der Waals surface area contributed by atoms with Gasteiger partial charge in [0.25, 0.3) is 5.91 Å². The SMILES string of the molecule is C[C@H](CO)N1C[C@H](C)[C@H](CN(C)C(=O)Nc2ccc(C(F)(F)F)cc2)OCCCC[C@H](C)Oc2ccc(NC(=O)Nc3ccc(C(F)(F)F)cc3)cc2C1=O. The number of urea groups is 2. The summed E-state index contributed by atoms with van der Waals surface area (Å²) in [4.78, 5) is 43.1. The van der Waals surface area contributed by atoms with Crippen LogP contribution in [-0.4, -0.2) is 84.5 Å². The lowest BCUT2D eigenvalue weighted by atomic mass is 10.0. The number of nitrogens with one attached hydrogen (secondary N) is 3. The van der Waals surface area contributed by atoms with Crippen molar-refractivity contribution < 1.29 is 55.3 Å². The Kier molecular flexibility index (Phi) is 14.4. The molecule has 1 aliphatic rings. The fourth-order valence-corrected chi connectivity index (χ4v) is 5.81. The monoisotopic (exact) mass is 781 g/mol. The van der Waals surface area contributed by atoms with E-state index in [1.54, 1.807) is 6.92 Å². The molecule has 300 valence electrons. The van der Waals surface area contributed by atoms with Crippen molar-refractivity contribution >= 4 is 35.0 Å². The van der Waals surface area contributed by atoms with Gasteiger partial charge in [-0.15, -0.1) is 0 Å². The van der Waals surface area contributed by atoms with Crippen molar-refractivity contribution in [1.82, 2.24) is 9.80 Å². The van der Waals surface area contributed by atoms with E-state index >= 15 is 0 Å². The Balaban J connectivity index is 1.54. The number of amides is 5. The van der Waals surface area contributed by atoms with E-state index in [-0.39, 0.29) is 47.6 Å². The molecule has 3 aromatic rings. The zero-order chi connectivity index (χ0) is 40.5. The highest BCUT2D eigenvalue weighted by molar-refractivity contribution is 6.02. The minimum atomic E-state index is -4.54. The van der Waals surface area contributed by atoms with Gasteiger partial charge < -0.3 is 40.3 Å². The maximum atomic E-state index is 14.4. The van der Waals surface area contributed by atoms with Gasteiger partial charge in [-0.25, -0.2) is 9.59 Å². The Morgan fingerprint density at radius 1 is 0.873 bits per heavy atom. The number of nitrogens with zero attached hydrogens (tertiary/aromatic N) is 2. The van der Waals surface area contributed by atoms with Crippen LogP contribution < -0.4 is 20.7 Å². The summed E-state index contributed by atoms with van der Waals surface area (Å²) < 4.78 is 90.4. The Hall–Kier alpha value is -5.03. The number of carbonyl (C=O) groups is 3. The van der Waals surface area contributed by atoms with Crippen LogP contribution in [0, 0.1) is 5.92 Å². The lowest BCUT2D eigenvalue weighted by molar-refractivity contribution is -0.138. The number of likely N-dealkylation sites (N-methyl/N-ethyl adjacent to an activating group) is 1. The van der Waals surface area contributed by atoms with Crippen LogP contribution in [-0.2, 0) is 17.1 Å². The number of ether oxygens (including phenoxy) is 2. The van der Waals surface area contributed by atoms with Gasteiger partial charge in [0.1, 0.15) is 5.75 Å². The summed E-state index contributed by atoms with van der Waals surface area (Å²) in [6, 6.07) is 10.3. The topological polar surface area (TPSA) is 132 Å². The predicted molar refractivity (Wildman–Crippen MR) is 194 cm³/mol. The van der Waals surface area contributed by atoms with Gasteiger partial charge in [0.2, 0.25) is 0 Å². The van der Waals surface area contributed by atoms with Gasteiger partial charge in [-0.05, 0) is 99.8 Å². The van der Waals surface area contributed by atoms with E-state index in [1.165, 1.54) is 35.0 Å².